The van der Waals surface area contributed by atoms with E-state index in [1.807, 2.05) is 19.9 Å². The van der Waals surface area contributed by atoms with Crippen LogP contribution in [0.5, 0.6) is 0 Å². The second kappa shape index (κ2) is 7.10. The number of rotatable bonds is 4. The zero-order valence-corrected chi connectivity index (χ0v) is 16.1. The van der Waals surface area contributed by atoms with Crippen molar-refractivity contribution in [1.29, 1.82) is 0 Å². The molecule has 3 rings (SSSR count). The number of amides is 1. The van der Waals surface area contributed by atoms with Gasteiger partial charge in [0.25, 0.3) is 0 Å². The van der Waals surface area contributed by atoms with Crippen LogP contribution < -0.4 is 5.32 Å². The quantitative estimate of drug-likeness (QED) is 0.884. The van der Waals surface area contributed by atoms with Crippen LogP contribution in [0.25, 0.3) is 0 Å². The molecule has 2 aliphatic rings. The van der Waals surface area contributed by atoms with Gasteiger partial charge in [0.15, 0.2) is 14.6 Å². The third-order valence-corrected chi connectivity index (χ3v) is 8.57. The fraction of sp³-hybridized carbons (Fsp3) is 0.650. The van der Waals surface area contributed by atoms with Gasteiger partial charge in [-0.2, -0.15) is 0 Å². The van der Waals surface area contributed by atoms with Crippen molar-refractivity contribution >= 4 is 15.7 Å². The number of nitrogens with one attached hydrogen (secondary N) is 1. The summed E-state index contributed by atoms with van der Waals surface area (Å²) in [6.07, 6.45) is 7.81. The summed E-state index contributed by atoms with van der Waals surface area (Å²) in [5, 5.41) is 3.09. The highest BCUT2D eigenvalue weighted by Gasteiger charge is 2.53. The van der Waals surface area contributed by atoms with E-state index in [0.29, 0.717) is 12.8 Å². The molecule has 1 N–H and O–H groups in total. The average Bonchev–Trinajstić information content (AvgIpc) is 3.10. The van der Waals surface area contributed by atoms with Gasteiger partial charge in [0.05, 0.1) is 4.90 Å². The van der Waals surface area contributed by atoms with Crippen LogP contribution in [0, 0.1) is 13.8 Å². The summed E-state index contributed by atoms with van der Waals surface area (Å²) in [5.74, 6) is -0.268. The van der Waals surface area contributed by atoms with E-state index >= 15 is 0 Å². The molecule has 1 amide bonds. The van der Waals surface area contributed by atoms with Gasteiger partial charge in [0.2, 0.25) is 5.91 Å². The standard InChI is InChI=1S/C20H29NO3S/c1-15-10-11-18(14-16(15)2)25(23,24)20(12-6-7-13-20)19(22)21-17-8-4-3-5-9-17/h10-11,14,17H,3-9,12-13H2,1-2H3,(H,21,22). The van der Waals surface area contributed by atoms with Crippen molar-refractivity contribution in [3.05, 3.63) is 29.3 Å². The van der Waals surface area contributed by atoms with Crippen LogP contribution in [0.4, 0.5) is 0 Å². The van der Waals surface area contributed by atoms with Gasteiger partial charge in [-0.15, -0.1) is 0 Å². The molecule has 1 aromatic carbocycles. The SMILES string of the molecule is Cc1ccc(S(=O)(=O)C2(C(=O)NC3CCCCC3)CCCC2)cc1C. The number of hydrogen-bond donors (Lipinski definition) is 1. The molecule has 0 atom stereocenters. The summed E-state index contributed by atoms with van der Waals surface area (Å²) in [6, 6.07) is 5.35. The molecule has 5 heteroatoms. The first kappa shape index (κ1) is 18.4. The highest BCUT2D eigenvalue weighted by Crippen LogP contribution is 2.41. The Morgan fingerprint density at radius 2 is 1.64 bits per heavy atom. The molecule has 2 aliphatic carbocycles. The van der Waals surface area contributed by atoms with Crippen molar-refractivity contribution in [2.24, 2.45) is 0 Å². The monoisotopic (exact) mass is 363 g/mol. The summed E-state index contributed by atoms with van der Waals surface area (Å²) >= 11 is 0. The topological polar surface area (TPSA) is 63.2 Å². The van der Waals surface area contributed by atoms with Crippen LogP contribution in [0.3, 0.4) is 0 Å². The predicted molar refractivity (Wildman–Crippen MR) is 99.3 cm³/mol. The molecule has 4 nitrogen and oxygen atoms in total. The van der Waals surface area contributed by atoms with Gasteiger partial charge in [0.1, 0.15) is 0 Å². The minimum absolute atomic E-state index is 0.133. The van der Waals surface area contributed by atoms with E-state index in [0.717, 1.165) is 49.7 Å². The van der Waals surface area contributed by atoms with Gasteiger partial charge in [-0.3, -0.25) is 4.79 Å². The van der Waals surface area contributed by atoms with Gasteiger partial charge in [-0.1, -0.05) is 38.2 Å². The number of benzene rings is 1. The van der Waals surface area contributed by atoms with Gasteiger partial charge in [-0.25, -0.2) is 8.42 Å². The van der Waals surface area contributed by atoms with Crippen LogP contribution in [-0.2, 0) is 14.6 Å². The van der Waals surface area contributed by atoms with Crippen molar-refractivity contribution in [3.63, 3.8) is 0 Å². The van der Waals surface area contributed by atoms with Gasteiger partial charge < -0.3 is 5.32 Å². The van der Waals surface area contributed by atoms with Crippen molar-refractivity contribution < 1.29 is 13.2 Å². The number of carbonyl (C=O) groups excluding carboxylic acids is 1. The summed E-state index contributed by atoms with van der Waals surface area (Å²) < 4.78 is 25.6. The molecule has 25 heavy (non-hydrogen) atoms. The lowest BCUT2D eigenvalue weighted by Gasteiger charge is -2.31. The lowest BCUT2D eigenvalue weighted by molar-refractivity contribution is -0.124. The maximum atomic E-state index is 13.4. The maximum absolute atomic E-state index is 13.4. The molecule has 0 aromatic heterocycles. The molecule has 1 aromatic rings. The van der Waals surface area contributed by atoms with Crippen molar-refractivity contribution in [2.45, 2.75) is 87.3 Å². The molecule has 0 aliphatic heterocycles. The van der Waals surface area contributed by atoms with Crippen molar-refractivity contribution in [2.75, 3.05) is 0 Å². The normalized spacial score (nSPS) is 21.2. The predicted octanol–water partition coefficient (Wildman–Crippen LogP) is 3.84. The number of carbonyl (C=O) groups is 1. The highest BCUT2D eigenvalue weighted by atomic mass is 32.2. The fourth-order valence-electron chi connectivity index (χ4n) is 4.23. The van der Waals surface area contributed by atoms with Gasteiger partial charge in [-0.05, 0) is 62.8 Å². The minimum atomic E-state index is -3.70. The Bertz CT molecular complexity index is 742. The maximum Gasteiger partial charge on any atom is 0.242 e. The summed E-state index contributed by atoms with van der Waals surface area (Å²) in [5.41, 5.74) is 2.01. The first-order valence-corrected chi connectivity index (χ1v) is 11.0. The van der Waals surface area contributed by atoms with E-state index in [9.17, 15) is 13.2 Å². The van der Waals surface area contributed by atoms with E-state index in [4.69, 9.17) is 0 Å². The molecule has 0 bridgehead atoms. The van der Waals surface area contributed by atoms with Crippen LogP contribution in [-0.4, -0.2) is 25.1 Å². The average molecular weight is 364 g/mol. The van der Waals surface area contributed by atoms with Gasteiger partial charge >= 0.3 is 0 Å². The van der Waals surface area contributed by atoms with Crippen LogP contribution in [0.1, 0.15) is 68.9 Å². The number of hydrogen-bond acceptors (Lipinski definition) is 3. The van der Waals surface area contributed by atoms with Crippen LogP contribution in [0.15, 0.2) is 23.1 Å². The van der Waals surface area contributed by atoms with Gasteiger partial charge in [0, 0.05) is 6.04 Å². The lowest BCUT2D eigenvalue weighted by atomic mass is 9.94. The Labute approximate surface area is 151 Å². The largest absolute Gasteiger partial charge is 0.352 e. The molecule has 2 fully saturated rings. The molecule has 0 heterocycles. The van der Waals surface area contributed by atoms with Crippen LogP contribution in [0.2, 0.25) is 0 Å². The Kier molecular flexibility index (Phi) is 5.24. The highest BCUT2D eigenvalue weighted by molar-refractivity contribution is 7.93. The smallest absolute Gasteiger partial charge is 0.242 e. The molecule has 0 spiro atoms. The molecule has 2 saturated carbocycles. The van der Waals surface area contributed by atoms with Crippen LogP contribution >= 0.6 is 0 Å². The summed E-state index contributed by atoms with van der Waals surface area (Å²) in [7, 11) is -3.70. The number of aryl methyl sites for hydroxylation is 2. The second-order valence-corrected chi connectivity index (χ2v) is 10.0. The number of sulfone groups is 1. The molecular formula is C20H29NO3S. The first-order chi connectivity index (χ1) is 11.9. The third-order valence-electron chi connectivity index (χ3n) is 6.07. The Hall–Kier alpha value is -1.36. The lowest BCUT2D eigenvalue weighted by Crippen LogP contribution is -2.53. The molecule has 0 unspecified atom stereocenters. The molecule has 0 saturated heterocycles. The first-order valence-electron chi connectivity index (χ1n) is 9.50. The fourth-order valence-corrected chi connectivity index (χ4v) is 6.39. The molecule has 138 valence electrons. The van der Waals surface area contributed by atoms with E-state index in [1.54, 1.807) is 12.1 Å². The van der Waals surface area contributed by atoms with E-state index in [1.165, 1.54) is 6.42 Å². The second-order valence-electron chi connectivity index (χ2n) is 7.76. The Balaban J connectivity index is 1.92. The Morgan fingerprint density at radius 3 is 2.24 bits per heavy atom. The summed E-state index contributed by atoms with van der Waals surface area (Å²) in [6.45, 7) is 3.88. The zero-order chi connectivity index (χ0) is 18.1. The third kappa shape index (κ3) is 3.35. The van der Waals surface area contributed by atoms with Crippen molar-refractivity contribution in [3.8, 4) is 0 Å². The summed E-state index contributed by atoms with van der Waals surface area (Å²) in [4.78, 5) is 13.4. The van der Waals surface area contributed by atoms with E-state index < -0.39 is 14.6 Å². The molecule has 0 radical (unpaired) electrons. The molecular weight excluding hydrogens is 334 g/mol. The zero-order valence-electron chi connectivity index (χ0n) is 15.3. The Morgan fingerprint density at radius 1 is 1.00 bits per heavy atom. The van der Waals surface area contributed by atoms with E-state index in [-0.39, 0.29) is 16.8 Å². The van der Waals surface area contributed by atoms with Crippen molar-refractivity contribution in [1.82, 2.24) is 5.32 Å². The minimum Gasteiger partial charge on any atom is -0.352 e. The van der Waals surface area contributed by atoms with E-state index in [2.05, 4.69) is 5.32 Å².